The number of thioether (sulfide) groups is 1. The van der Waals surface area contributed by atoms with E-state index in [1.54, 1.807) is 16.7 Å². The summed E-state index contributed by atoms with van der Waals surface area (Å²) in [6.45, 7) is 4.32. The summed E-state index contributed by atoms with van der Waals surface area (Å²) >= 11 is 1.60. The van der Waals surface area contributed by atoms with Crippen LogP contribution >= 0.6 is 11.8 Å². The Bertz CT molecular complexity index is 815. The van der Waals surface area contributed by atoms with Gasteiger partial charge >= 0.3 is 5.97 Å². The zero-order valence-electron chi connectivity index (χ0n) is 19.5. The summed E-state index contributed by atoms with van der Waals surface area (Å²) in [6, 6.07) is -0.595. The van der Waals surface area contributed by atoms with E-state index in [0.717, 1.165) is 38.5 Å². The van der Waals surface area contributed by atoms with Crippen LogP contribution in [0.5, 0.6) is 0 Å². The van der Waals surface area contributed by atoms with Crippen molar-refractivity contribution in [1.29, 1.82) is 0 Å². The minimum atomic E-state index is -0.747. The van der Waals surface area contributed by atoms with Crippen LogP contribution in [0.2, 0.25) is 0 Å². The van der Waals surface area contributed by atoms with E-state index in [9.17, 15) is 14.4 Å². The van der Waals surface area contributed by atoms with Crippen LogP contribution in [0.1, 0.15) is 51.9 Å². The van der Waals surface area contributed by atoms with Gasteiger partial charge in [-0.25, -0.2) is 0 Å². The van der Waals surface area contributed by atoms with Gasteiger partial charge in [0.1, 0.15) is 6.04 Å². The SMILES string of the molecule is CCCCN1CC=C[C@]23S[C@@H]4C=CCCOC(=O)[C@@H]4[C@H]2C(=O)N(CCCCCCO)C3C1=O. The molecule has 1 N–H and O–H groups in total. The highest BCUT2D eigenvalue weighted by atomic mass is 32.2. The van der Waals surface area contributed by atoms with Crippen LogP contribution in [-0.4, -0.2) is 81.6 Å². The number of hydrogen-bond donors (Lipinski definition) is 1. The number of amides is 2. The number of aliphatic hydroxyl groups is 1. The van der Waals surface area contributed by atoms with E-state index in [0.29, 0.717) is 32.7 Å². The number of unbranched alkanes of at least 4 members (excludes halogenated alkanes) is 4. The lowest BCUT2D eigenvalue weighted by atomic mass is 9.78. The summed E-state index contributed by atoms with van der Waals surface area (Å²) in [6.07, 6.45) is 14.1. The van der Waals surface area contributed by atoms with E-state index in [-0.39, 0.29) is 29.6 Å². The van der Waals surface area contributed by atoms with Crippen LogP contribution in [0.4, 0.5) is 0 Å². The fourth-order valence-electron chi connectivity index (χ4n) is 5.69. The second-order valence-electron chi connectivity index (χ2n) is 9.44. The molecular formula is C25H36N2O5S. The number of esters is 1. The van der Waals surface area contributed by atoms with Gasteiger partial charge in [-0.3, -0.25) is 14.4 Å². The number of rotatable bonds is 9. The summed E-state index contributed by atoms with van der Waals surface area (Å²) < 4.78 is 4.76. The third-order valence-corrected chi connectivity index (χ3v) is 9.04. The monoisotopic (exact) mass is 476 g/mol. The predicted octanol–water partition coefficient (Wildman–Crippen LogP) is 2.54. The van der Waals surface area contributed by atoms with Gasteiger partial charge in [0.25, 0.3) is 0 Å². The van der Waals surface area contributed by atoms with Crippen molar-refractivity contribution in [2.45, 2.75) is 67.9 Å². The number of fused-ring (bicyclic) bond motifs is 2. The van der Waals surface area contributed by atoms with Crippen LogP contribution in [0.3, 0.4) is 0 Å². The summed E-state index contributed by atoms with van der Waals surface area (Å²) in [7, 11) is 0. The van der Waals surface area contributed by atoms with Crippen molar-refractivity contribution >= 4 is 29.5 Å². The first-order valence-electron chi connectivity index (χ1n) is 12.4. The Balaban J connectivity index is 1.68. The lowest BCUT2D eigenvalue weighted by molar-refractivity contribution is -0.153. The number of aliphatic hydroxyl groups excluding tert-OH is 1. The van der Waals surface area contributed by atoms with Crippen molar-refractivity contribution in [2.75, 3.05) is 32.8 Å². The molecule has 0 aromatic rings. The molecule has 5 atom stereocenters. The van der Waals surface area contributed by atoms with E-state index >= 15 is 0 Å². The highest BCUT2D eigenvalue weighted by molar-refractivity contribution is 8.02. The topological polar surface area (TPSA) is 87.2 Å². The van der Waals surface area contributed by atoms with E-state index in [4.69, 9.17) is 9.84 Å². The maximum Gasteiger partial charge on any atom is 0.311 e. The molecule has 4 aliphatic heterocycles. The molecular weight excluding hydrogens is 440 g/mol. The van der Waals surface area contributed by atoms with E-state index in [2.05, 4.69) is 13.0 Å². The Morgan fingerprint density at radius 2 is 1.91 bits per heavy atom. The first-order chi connectivity index (χ1) is 16.0. The molecule has 2 amide bonds. The average molecular weight is 477 g/mol. The number of likely N-dealkylation sites (tertiary alicyclic amines) is 1. The van der Waals surface area contributed by atoms with Gasteiger partial charge < -0.3 is 19.6 Å². The predicted molar refractivity (Wildman–Crippen MR) is 127 cm³/mol. The van der Waals surface area contributed by atoms with Crippen LogP contribution in [0.15, 0.2) is 24.3 Å². The largest absolute Gasteiger partial charge is 0.465 e. The molecule has 7 nitrogen and oxygen atoms in total. The lowest BCUT2D eigenvalue weighted by Crippen LogP contribution is -2.53. The number of cyclic esters (lactones) is 1. The number of hydrogen-bond acceptors (Lipinski definition) is 6. The molecule has 2 saturated heterocycles. The summed E-state index contributed by atoms with van der Waals surface area (Å²) in [5.74, 6) is -1.57. The second-order valence-corrected chi connectivity index (χ2v) is 10.9. The Hall–Kier alpha value is -1.80. The van der Waals surface area contributed by atoms with Crippen molar-refractivity contribution in [3.05, 3.63) is 24.3 Å². The van der Waals surface area contributed by atoms with Gasteiger partial charge in [-0.1, -0.05) is 50.5 Å². The van der Waals surface area contributed by atoms with E-state index in [1.165, 1.54) is 0 Å². The molecule has 182 valence electrons. The van der Waals surface area contributed by atoms with Crippen LogP contribution in [-0.2, 0) is 19.1 Å². The minimum absolute atomic E-state index is 0.00113. The molecule has 0 radical (unpaired) electrons. The third-order valence-electron chi connectivity index (χ3n) is 7.29. The zero-order chi connectivity index (χ0) is 23.4. The molecule has 0 saturated carbocycles. The normalized spacial score (nSPS) is 33.3. The van der Waals surface area contributed by atoms with E-state index in [1.807, 2.05) is 23.1 Å². The lowest BCUT2D eigenvalue weighted by Gasteiger charge is -2.35. The summed E-state index contributed by atoms with van der Waals surface area (Å²) in [5, 5.41) is 8.88. The molecule has 8 heteroatoms. The van der Waals surface area contributed by atoms with Gasteiger partial charge in [-0.15, -0.1) is 11.8 Å². The number of ether oxygens (including phenoxy) is 1. The van der Waals surface area contributed by atoms with Crippen molar-refractivity contribution in [3.63, 3.8) is 0 Å². The third kappa shape index (κ3) is 4.48. The smallest absolute Gasteiger partial charge is 0.311 e. The molecule has 4 heterocycles. The highest BCUT2D eigenvalue weighted by Crippen LogP contribution is 2.60. The average Bonchev–Trinajstić information content (AvgIpc) is 3.17. The molecule has 4 aliphatic rings. The van der Waals surface area contributed by atoms with Crippen molar-refractivity contribution in [3.8, 4) is 0 Å². The van der Waals surface area contributed by atoms with Gasteiger partial charge in [0.2, 0.25) is 11.8 Å². The highest BCUT2D eigenvalue weighted by Gasteiger charge is 2.70. The Morgan fingerprint density at radius 3 is 2.70 bits per heavy atom. The molecule has 4 rings (SSSR count). The van der Waals surface area contributed by atoms with Gasteiger partial charge in [-0.05, 0) is 25.7 Å². The van der Waals surface area contributed by atoms with Gasteiger partial charge in [0.05, 0.1) is 23.2 Å². The number of nitrogens with zero attached hydrogens (tertiary/aromatic N) is 2. The molecule has 33 heavy (non-hydrogen) atoms. The summed E-state index contributed by atoms with van der Waals surface area (Å²) in [4.78, 5) is 44.5. The van der Waals surface area contributed by atoms with Crippen molar-refractivity contribution in [2.24, 2.45) is 11.8 Å². The van der Waals surface area contributed by atoms with Crippen molar-refractivity contribution in [1.82, 2.24) is 9.80 Å². The van der Waals surface area contributed by atoms with Gasteiger partial charge in [0, 0.05) is 31.5 Å². The molecule has 0 aromatic carbocycles. The fraction of sp³-hybridized carbons (Fsp3) is 0.720. The Kier molecular flexibility index (Phi) is 7.84. The molecule has 0 aliphatic carbocycles. The molecule has 1 unspecified atom stereocenters. The Labute approximate surface area is 200 Å². The first-order valence-corrected chi connectivity index (χ1v) is 13.3. The van der Waals surface area contributed by atoms with E-state index < -0.39 is 22.6 Å². The molecule has 2 fully saturated rings. The first kappa shape index (κ1) is 24.3. The molecule has 0 aromatic heterocycles. The zero-order valence-corrected chi connectivity index (χ0v) is 20.3. The van der Waals surface area contributed by atoms with Crippen LogP contribution < -0.4 is 0 Å². The molecule has 1 spiro atoms. The quantitative estimate of drug-likeness (QED) is 0.313. The Morgan fingerprint density at radius 1 is 1.09 bits per heavy atom. The number of carbonyl (C=O) groups is 3. The maximum atomic E-state index is 13.9. The minimum Gasteiger partial charge on any atom is -0.465 e. The maximum absolute atomic E-state index is 13.9. The summed E-state index contributed by atoms with van der Waals surface area (Å²) in [5.41, 5.74) is 0. The standard InChI is InChI=1S/C25H36N2O5S/c1-2-3-13-26-14-10-12-25-20(19-18(33-25)11-6-9-17-32-24(19)31)22(29)27(21(25)23(26)30)15-7-4-5-8-16-28/h6,10-12,18-21,28H,2-5,7-9,13-17H2,1H3/t18-,19+,20+,21?,25+/m1/s1. The van der Waals surface area contributed by atoms with Crippen molar-refractivity contribution < 1.29 is 24.2 Å². The second kappa shape index (κ2) is 10.6. The van der Waals surface area contributed by atoms with Gasteiger partial charge in [0.15, 0.2) is 0 Å². The van der Waals surface area contributed by atoms with Crippen LogP contribution in [0, 0.1) is 11.8 Å². The molecule has 0 bridgehead atoms. The van der Waals surface area contributed by atoms with Crippen LogP contribution in [0.25, 0.3) is 0 Å². The fourth-order valence-corrected chi connectivity index (χ4v) is 7.69. The van der Waals surface area contributed by atoms with Gasteiger partial charge in [-0.2, -0.15) is 0 Å². The number of carbonyl (C=O) groups excluding carboxylic acids is 3.